The second-order valence-corrected chi connectivity index (χ2v) is 7.91. The maximum atomic E-state index is 13.2. The van der Waals surface area contributed by atoms with Crippen molar-refractivity contribution in [2.24, 2.45) is 0 Å². The van der Waals surface area contributed by atoms with E-state index in [2.05, 4.69) is 0 Å². The monoisotopic (exact) mass is 347 g/mol. The van der Waals surface area contributed by atoms with Gasteiger partial charge in [0.05, 0.1) is 17.7 Å². The van der Waals surface area contributed by atoms with Crippen LogP contribution in [0.1, 0.15) is 29.2 Å². The number of rotatable bonds is 5. The molecule has 4 nitrogen and oxygen atoms in total. The van der Waals surface area contributed by atoms with E-state index in [0.29, 0.717) is 12.3 Å². The van der Waals surface area contributed by atoms with Crippen LogP contribution in [0.2, 0.25) is 0 Å². The maximum absolute atomic E-state index is 13.2. The van der Waals surface area contributed by atoms with Gasteiger partial charge in [-0.05, 0) is 69.5 Å². The predicted molar refractivity (Wildman–Crippen MR) is 98.6 cm³/mol. The summed E-state index contributed by atoms with van der Waals surface area (Å²) in [4.78, 5) is 0.280. The summed E-state index contributed by atoms with van der Waals surface area (Å²) in [5.41, 5.74) is 4.61. The molecule has 5 heteroatoms. The van der Waals surface area contributed by atoms with Gasteiger partial charge in [0, 0.05) is 6.54 Å². The van der Waals surface area contributed by atoms with Gasteiger partial charge in [0.15, 0.2) is 0 Å². The van der Waals surface area contributed by atoms with Crippen LogP contribution in [0.5, 0.6) is 5.75 Å². The highest BCUT2D eigenvalue weighted by Gasteiger charge is 2.26. The molecule has 2 aromatic carbocycles. The van der Waals surface area contributed by atoms with Gasteiger partial charge in [0.2, 0.25) is 0 Å². The third-order valence-corrected chi connectivity index (χ3v) is 6.00. The Kier molecular flexibility index (Phi) is 5.23. The summed E-state index contributed by atoms with van der Waals surface area (Å²) in [5.74, 6) is 0.680. The highest BCUT2D eigenvalue weighted by molar-refractivity contribution is 7.92. The lowest BCUT2D eigenvalue weighted by Gasteiger charge is -2.27. The molecule has 0 N–H and O–H groups in total. The molecule has 0 heterocycles. The molecule has 24 heavy (non-hydrogen) atoms. The van der Waals surface area contributed by atoms with Gasteiger partial charge in [-0.15, -0.1) is 0 Å². The molecule has 130 valence electrons. The van der Waals surface area contributed by atoms with Crippen molar-refractivity contribution < 1.29 is 13.2 Å². The number of anilines is 1. The number of aryl methyl sites for hydroxylation is 4. The van der Waals surface area contributed by atoms with Crippen LogP contribution in [0.4, 0.5) is 5.69 Å². The molecule has 2 aromatic rings. The van der Waals surface area contributed by atoms with Crippen LogP contribution in [0.3, 0.4) is 0 Å². The minimum absolute atomic E-state index is 0.280. The lowest BCUT2D eigenvalue weighted by Crippen LogP contribution is -2.32. The smallest absolute Gasteiger partial charge is 0.264 e. The molecular formula is C19H25NO3S. The number of benzene rings is 2. The number of sulfonamides is 1. The Balaban J connectivity index is 2.60. The van der Waals surface area contributed by atoms with Gasteiger partial charge in [-0.1, -0.05) is 17.7 Å². The average Bonchev–Trinajstić information content (AvgIpc) is 2.50. The second kappa shape index (κ2) is 6.85. The Labute approximate surface area is 145 Å². The van der Waals surface area contributed by atoms with Crippen molar-refractivity contribution in [2.75, 3.05) is 18.0 Å². The second-order valence-electron chi connectivity index (χ2n) is 6.05. The molecule has 0 aromatic heterocycles. The summed E-state index contributed by atoms with van der Waals surface area (Å²) < 4.78 is 33.1. The first-order valence-electron chi connectivity index (χ1n) is 7.97. The van der Waals surface area contributed by atoms with E-state index in [4.69, 9.17) is 4.74 Å². The molecular weight excluding hydrogens is 322 g/mol. The van der Waals surface area contributed by atoms with Crippen molar-refractivity contribution in [2.45, 2.75) is 39.5 Å². The van der Waals surface area contributed by atoms with E-state index in [1.54, 1.807) is 25.3 Å². The topological polar surface area (TPSA) is 46.6 Å². The van der Waals surface area contributed by atoms with Gasteiger partial charge in [0.1, 0.15) is 5.75 Å². The van der Waals surface area contributed by atoms with Gasteiger partial charge in [-0.25, -0.2) is 8.42 Å². The highest BCUT2D eigenvalue weighted by Crippen LogP contribution is 2.32. The molecule has 0 spiro atoms. The normalized spacial score (nSPS) is 11.4. The number of hydrogen-bond acceptors (Lipinski definition) is 3. The number of ether oxygens (including phenoxy) is 1. The zero-order chi connectivity index (χ0) is 18.1. The summed E-state index contributed by atoms with van der Waals surface area (Å²) in [6, 6.07) is 8.99. The zero-order valence-corrected chi connectivity index (χ0v) is 16.0. The minimum Gasteiger partial charge on any atom is -0.496 e. The summed E-state index contributed by atoms with van der Waals surface area (Å²) in [6.45, 7) is 9.99. The highest BCUT2D eigenvalue weighted by atomic mass is 32.2. The SMILES string of the molecule is CCN(c1c(C)cc(C)cc1C)S(=O)(=O)c1ccc(OC)c(C)c1. The van der Waals surface area contributed by atoms with Crippen LogP contribution >= 0.6 is 0 Å². The minimum atomic E-state index is -3.63. The van der Waals surface area contributed by atoms with E-state index >= 15 is 0 Å². The van der Waals surface area contributed by atoms with E-state index in [0.717, 1.165) is 27.9 Å². The molecule has 0 atom stereocenters. The van der Waals surface area contributed by atoms with Crippen molar-refractivity contribution in [3.63, 3.8) is 0 Å². The van der Waals surface area contributed by atoms with E-state index < -0.39 is 10.0 Å². The van der Waals surface area contributed by atoms with Gasteiger partial charge < -0.3 is 4.74 Å². The number of nitrogens with zero attached hydrogens (tertiary/aromatic N) is 1. The lowest BCUT2D eigenvalue weighted by atomic mass is 10.1. The van der Waals surface area contributed by atoms with Crippen molar-refractivity contribution in [3.8, 4) is 5.75 Å². The molecule has 2 rings (SSSR count). The molecule has 0 aliphatic heterocycles. The largest absolute Gasteiger partial charge is 0.496 e. The Morgan fingerprint density at radius 2 is 1.54 bits per heavy atom. The fourth-order valence-electron chi connectivity index (χ4n) is 3.15. The molecule has 0 bridgehead atoms. The van der Waals surface area contributed by atoms with Crippen LogP contribution in [0, 0.1) is 27.7 Å². The average molecular weight is 347 g/mol. The van der Waals surface area contributed by atoms with E-state index in [1.165, 1.54) is 4.31 Å². The van der Waals surface area contributed by atoms with Crippen molar-refractivity contribution in [3.05, 3.63) is 52.6 Å². The lowest BCUT2D eigenvalue weighted by molar-refractivity contribution is 0.411. The molecule has 0 saturated heterocycles. The first kappa shape index (κ1) is 18.3. The van der Waals surface area contributed by atoms with Crippen LogP contribution < -0.4 is 9.04 Å². The standard InChI is InChI=1S/C19H25NO3S/c1-7-20(19-15(4)10-13(2)11-16(19)5)24(21,22)17-8-9-18(23-6)14(3)12-17/h8-12H,7H2,1-6H3. The summed E-state index contributed by atoms with van der Waals surface area (Å²) in [5, 5.41) is 0. The third kappa shape index (κ3) is 3.26. The molecule has 0 unspecified atom stereocenters. The van der Waals surface area contributed by atoms with Gasteiger partial charge >= 0.3 is 0 Å². The zero-order valence-electron chi connectivity index (χ0n) is 15.2. The molecule has 0 aliphatic carbocycles. The van der Waals surface area contributed by atoms with Gasteiger partial charge in [0.25, 0.3) is 10.0 Å². The Morgan fingerprint density at radius 1 is 0.958 bits per heavy atom. The van der Waals surface area contributed by atoms with Crippen LogP contribution in [0.15, 0.2) is 35.2 Å². The van der Waals surface area contributed by atoms with Crippen molar-refractivity contribution >= 4 is 15.7 Å². The number of hydrogen-bond donors (Lipinski definition) is 0. The maximum Gasteiger partial charge on any atom is 0.264 e. The summed E-state index contributed by atoms with van der Waals surface area (Å²) in [7, 11) is -2.05. The number of methoxy groups -OCH3 is 1. The van der Waals surface area contributed by atoms with Crippen LogP contribution in [-0.4, -0.2) is 22.1 Å². The van der Waals surface area contributed by atoms with Crippen molar-refractivity contribution in [1.82, 2.24) is 0 Å². The van der Waals surface area contributed by atoms with Gasteiger partial charge in [-0.3, -0.25) is 4.31 Å². The molecule has 0 radical (unpaired) electrons. The van der Waals surface area contributed by atoms with Crippen molar-refractivity contribution in [1.29, 1.82) is 0 Å². The first-order chi connectivity index (χ1) is 11.2. The van der Waals surface area contributed by atoms with Crippen LogP contribution in [-0.2, 0) is 10.0 Å². The Morgan fingerprint density at radius 3 is 2.00 bits per heavy atom. The summed E-state index contributed by atoms with van der Waals surface area (Å²) >= 11 is 0. The Hall–Kier alpha value is -2.01. The van der Waals surface area contributed by atoms with Crippen LogP contribution in [0.25, 0.3) is 0 Å². The first-order valence-corrected chi connectivity index (χ1v) is 9.41. The Bertz CT molecular complexity index is 834. The fourth-order valence-corrected chi connectivity index (χ4v) is 4.84. The molecule has 0 amide bonds. The molecule has 0 fully saturated rings. The van der Waals surface area contributed by atoms with E-state index in [9.17, 15) is 8.42 Å². The fraction of sp³-hybridized carbons (Fsp3) is 0.368. The third-order valence-electron chi connectivity index (χ3n) is 4.13. The van der Waals surface area contributed by atoms with E-state index in [-0.39, 0.29) is 4.90 Å². The molecule has 0 saturated carbocycles. The molecule has 0 aliphatic rings. The van der Waals surface area contributed by atoms with E-state index in [1.807, 2.05) is 46.8 Å². The quantitative estimate of drug-likeness (QED) is 0.816. The van der Waals surface area contributed by atoms with Gasteiger partial charge in [-0.2, -0.15) is 0 Å². The predicted octanol–water partition coefficient (Wildman–Crippen LogP) is 4.14. The summed E-state index contributed by atoms with van der Waals surface area (Å²) in [6.07, 6.45) is 0.